The van der Waals surface area contributed by atoms with Crippen molar-refractivity contribution >= 4 is 32.9 Å². The van der Waals surface area contributed by atoms with Crippen molar-refractivity contribution in [3.8, 4) is 0 Å². The zero-order valence-electron chi connectivity index (χ0n) is 7.84. The lowest BCUT2D eigenvalue weighted by atomic mass is 10.4. The molecule has 15 heavy (non-hydrogen) atoms. The number of hydrogen-bond acceptors (Lipinski definition) is 6. The summed E-state index contributed by atoms with van der Waals surface area (Å²) in [4.78, 5) is 24.9. The fourth-order valence-corrected chi connectivity index (χ4v) is 2.94. The Labute approximate surface area is 89.5 Å². The van der Waals surface area contributed by atoms with Gasteiger partial charge in [0.15, 0.2) is 20.6 Å². The van der Waals surface area contributed by atoms with Crippen LogP contribution in [0.2, 0.25) is 0 Å². The third-order valence-corrected chi connectivity index (χ3v) is 3.72. The van der Waals surface area contributed by atoms with Gasteiger partial charge in [-0.05, 0) is 0 Å². The van der Waals surface area contributed by atoms with E-state index < -0.39 is 31.6 Å². The summed E-state index contributed by atoms with van der Waals surface area (Å²) in [6.07, 6.45) is 0.875. The highest BCUT2D eigenvalue weighted by atomic mass is 32.2. The van der Waals surface area contributed by atoms with Crippen LogP contribution in [0.15, 0.2) is 5.03 Å². The number of carbonyl (C=O) groups is 2. The number of aromatic carboxylic acids is 1. The molecule has 0 aliphatic heterocycles. The summed E-state index contributed by atoms with van der Waals surface area (Å²) in [5.74, 6) is -1.86. The summed E-state index contributed by atoms with van der Waals surface area (Å²) in [7, 11) is -3.68. The van der Waals surface area contributed by atoms with Crippen LogP contribution in [0.3, 0.4) is 0 Å². The van der Waals surface area contributed by atoms with Crippen molar-refractivity contribution in [2.24, 2.45) is 0 Å². The molecule has 0 aromatic carbocycles. The molecule has 0 amide bonds. The number of carbonyl (C=O) groups excluding carboxylic acids is 1. The molecule has 1 aromatic rings. The first-order valence-corrected chi connectivity index (χ1v) is 6.39. The first-order valence-electron chi connectivity index (χ1n) is 3.68. The van der Waals surface area contributed by atoms with Gasteiger partial charge in [-0.15, -0.1) is 11.3 Å². The molecule has 1 N–H and O–H groups in total. The van der Waals surface area contributed by atoms with Crippen LogP contribution in [-0.4, -0.2) is 36.5 Å². The molecule has 0 aliphatic carbocycles. The van der Waals surface area contributed by atoms with Crippen molar-refractivity contribution in [1.82, 2.24) is 4.98 Å². The molecule has 0 aliphatic rings. The second kappa shape index (κ2) is 3.70. The number of ketones is 1. The van der Waals surface area contributed by atoms with E-state index in [0.717, 1.165) is 13.2 Å². The molecule has 8 heteroatoms. The third-order valence-electron chi connectivity index (χ3n) is 1.45. The Hall–Kier alpha value is -1.28. The minimum absolute atomic E-state index is 0.144. The minimum Gasteiger partial charge on any atom is -0.476 e. The van der Waals surface area contributed by atoms with Crippen molar-refractivity contribution in [1.29, 1.82) is 0 Å². The van der Waals surface area contributed by atoms with E-state index in [2.05, 4.69) is 4.98 Å². The summed E-state index contributed by atoms with van der Waals surface area (Å²) in [6.45, 7) is 1.16. The number of aromatic nitrogens is 1. The van der Waals surface area contributed by atoms with Crippen LogP contribution < -0.4 is 0 Å². The summed E-state index contributed by atoms with van der Waals surface area (Å²) in [5, 5.41) is 7.75. The van der Waals surface area contributed by atoms with Crippen LogP contribution in [0.25, 0.3) is 0 Å². The number of sulfone groups is 1. The number of Topliss-reactive ketones (excluding diaryl/α,β-unsaturated/α-hetero) is 1. The fraction of sp³-hybridized carbons (Fsp3) is 0.286. The minimum atomic E-state index is -3.68. The van der Waals surface area contributed by atoms with Gasteiger partial charge >= 0.3 is 5.97 Å². The topological polar surface area (TPSA) is 101 Å². The summed E-state index contributed by atoms with van der Waals surface area (Å²) in [6, 6.07) is 0. The van der Waals surface area contributed by atoms with Crippen molar-refractivity contribution in [3.63, 3.8) is 0 Å². The average Bonchev–Trinajstić information content (AvgIpc) is 2.45. The van der Waals surface area contributed by atoms with E-state index >= 15 is 0 Å². The Morgan fingerprint density at radius 2 is 1.93 bits per heavy atom. The molecular weight excluding hydrogens is 242 g/mol. The highest BCUT2D eigenvalue weighted by Gasteiger charge is 2.25. The Bertz CT molecular complexity index is 528. The Kier molecular flexibility index (Phi) is 2.91. The zero-order chi connectivity index (χ0) is 11.8. The van der Waals surface area contributed by atoms with Crippen LogP contribution in [0.4, 0.5) is 0 Å². The van der Waals surface area contributed by atoms with Crippen molar-refractivity contribution in [3.05, 3.63) is 9.88 Å². The maximum absolute atomic E-state index is 11.2. The monoisotopic (exact) mass is 249 g/mol. The summed E-state index contributed by atoms with van der Waals surface area (Å²) in [5.41, 5.74) is 0. The van der Waals surface area contributed by atoms with Gasteiger partial charge in [0.25, 0.3) is 0 Å². The summed E-state index contributed by atoms with van der Waals surface area (Å²) >= 11 is 0.563. The van der Waals surface area contributed by atoms with E-state index in [9.17, 15) is 18.0 Å². The highest BCUT2D eigenvalue weighted by molar-refractivity contribution is 7.90. The molecule has 0 unspecified atom stereocenters. The van der Waals surface area contributed by atoms with E-state index in [-0.39, 0.29) is 4.88 Å². The Morgan fingerprint density at radius 1 is 1.40 bits per heavy atom. The maximum atomic E-state index is 11.2. The molecule has 0 saturated heterocycles. The van der Waals surface area contributed by atoms with E-state index in [0.29, 0.717) is 11.3 Å². The van der Waals surface area contributed by atoms with Gasteiger partial charge < -0.3 is 5.11 Å². The molecule has 0 radical (unpaired) electrons. The number of thiazole rings is 1. The Morgan fingerprint density at radius 3 is 2.20 bits per heavy atom. The smallest absolute Gasteiger partial charge is 0.365 e. The average molecular weight is 249 g/mol. The molecule has 0 atom stereocenters. The van der Waals surface area contributed by atoms with E-state index in [1.165, 1.54) is 0 Å². The normalized spacial score (nSPS) is 11.3. The third kappa shape index (κ3) is 2.39. The SMILES string of the molecule is CC(=O)c1sc(C(=O)O)nc1S(C)(=O)=O. The number of hydrogen-bond donors (Lipinski definition) is 1. The van der Waals surface area contributed by atoms with E-state index in [1.54, 1.807) is 0 Å². The maximum Gasteiger partial charge on any atom is 0.365 e. The lowest BCUT2D eigenvalue weighted by molar-refractivity contribution is 0.0695. The molecule has 82 valence electrons. The molecule has 6 nitrogen and oxygen atoms in total. The van der Waals surface area contributed by atoms with Gasteiger partial charge in [0.1, 0.15) is 4.88 Å². The molecular formula is C7H7NO5S2. The van der Waals surface area contributed by atoms with E-state index in [1.807, 2.05) is 0 Å². The fourth-order valence-electron chi connectivity index (χ4n) is 0.871. The van der Waals surface area contributed by atoms with Crippen molar-refractivity contribution < 1.29 is 23.1 Å². The van der Waals surface area contributed by atoms with Crippen molar-refractivity contribution in [2.75, 3.05) is 6.26 Å². The van der Waals surface area contributed by atoms with Gasteiger partial charge in [-0.2, -0.15) is 0 Å². The number of carboxylic acids is 1. The van der Waals surface area contributed by atoms with Crippen molar-refractivity contribution in [2.45, 2.75) is 11.9 Å². The van der Waals surface area contributed by atoms with Gasteiger partial charge in [0.2, 0.25) is 5.01 Å². The van der Waals surface area contributed by atoms with Gasteiger partial charge in [-0.25, -0.2) is 18.2 Å². The predicted octanol–water partition coefficient (Wildman–Crippen LogP) is 0.447. The first-order chi connectivity index (χ1) is 6.73. The number of rotatable bonds is 3. The molecule has 0 bridgehead atoms. The Balaban J connectivity index is 3.51. The zero-order valence-corrected chi connectivity index (χ0v) is 9.48. The van der Waals surface area contributed by atoms with Crippen LogP contribution in [-0.2, 0) is 9.84 Å². The van der Waals surface area contributed by atoms with Gasteiger partial charge in [0.05, 0.1) is 0 Å². The van der Waals surface area contributed by atoms with Crippen LogP contribution >= 0.6 is 11.3 Å². The molecule has 0 spiro atoms. The lowest BCUT2D eigenvalue weighted by Gasteiger charge is -1.93. The molecule has 1 aromatic heterocycles. The van der Waals surface area contributed by atoms with Gasteiger partial charge in [-0.3, -0.25) is 4.79 Å². The largest absolute Gasteiger partial charge is 0.476 e. The number of carboxylic acid groups (broad SMARTS) is 1. The lowest BCUT2D eigenvalue weighted by Crippen LogP contribution is -2.04. The second-order valence-corrected chi connectivity index (χ2v) is 5.72. The van der Waals surface area contributed by atoms with Crippen LogP contribution in [0, 0.1) is 0 Å². The van der Waals surface area contributed by atoms with Crippen LogP contribution in [0.1, 0.15) is 26.4 Å². The van der Waals surface area contributed by atoms with Gasteiger partial charge in [0, 0.05) is 13.2 Å². The quantitative estimate of drug-likeness (QED) is 0.780. The standard InChI is InChI=1S/C7H7NO5S2/c1-3(9)4-6(15(2,12)13)8-5(14-4)7(10)11/h1-2H3,(H,10,11). The van der Waals surface area contributed by atoms with Gasteiger partial charge in [-0.1, -0.05) is 0 Å². The number of nitrogens with zero attached hydrogens (tertiary/aromatic N) is 1. The predicted molar refractivity (Wildman–Crippen MR) is 52.2 cm³/mol. The summed E-state index contributed by atoms with van der Waals surface area (Å²) < 4.78 is 22.4. The first kappa shape index (κ1) is 11.8. The molecule has 0 fully saturated rings. The molecule has 1 rings (SSSR count). The molecule has 1 heterocycles. The second-order valence-electron chi connectivity index (χ2n) is 2.79. The molecule has 0 saturated carbocycles. The highest BCUT2D eigenvalue weighted by Crippen LogP contribution is 2.23. The van der Waals surface area contributed by atoms with Crippen LogP contribution in [0.5, 0.6) is 0 Å². The van der Waals surface area contributed by atoms with E-state index in [4.69, 9.17) is 5.11 Å².